The van der Waals surface area contributed by atoms with Crippen LogP contribution in [-0.4, -0.2) is 61.4 Å². The van der Waals surface area contributed by atoms with E-state index in [9.17, 15) is 10.2 Å². The van der Waals surface area contributed by atoms with Gasteiger partial charge in [0.15, 0.2) is 34.5 Å². The number of likely N-dealkylation sites (N-methyl/N-ethyl adjacent to an activating group) is 2. The minimum absolute atomic E-state index is 0.0152. The fraction of sp³-hybridized carbons (Fsp3) is 0.333. The van der Waals surface area contributed by atoms with E-state index in [2.05, 4.69) is 42.1 Å². The summed E-state index contributed by atoms with van der Waals surface area (Å²) in [5, 5.41) is 22.0. The number of hydrogen-bond acceptors (Lipinski definition) is 8. The van der Waals surface area contributed by atoms with Crippen molar-refractivity contribution in [1.29, 1.82) is 0 Å². The molecule has 8 rings (SSSR count). The average molecular weight is 595 g/mol. The average Bonchev–Trinajstić information content (AvgIpc) is 3.02. The molecule has 0 radical (unpaired) electrons. The van der Waals surface area contributed by atoms with Gasteiger partial charge >= 0.3 is 0 Å². The molecule has 4 aromatic rings. The summed E-state index contributed by atoms with van der Waals surface area (Å²) in [7, 11) is 7.51. The topological polar surface area (TPSA) is 83.9 Å². The molecular weight excluding hydrogens is 556 g/mol. The van der Waals surface area contributed by atoms with Crippen molar-refractivity contribution in [2.24, 2.45) is 0 Å². The fourth-order valence-corrected chi connectivity index (χ4v) is 6.97. The van der Waals surface area contributed by atoms with Gasteiger partial charge < -0.3 is 29.2 Å². The third-order valence-electron chi connectivity index (χ3n) is 9.44. The van der Waals surface area contributed by atoms with E-state index in [-0.39, 0.29) is 23.6 Å². The van der Waals surface area contributed by atoms with Crippen LogP contribution in [0.1, 0.15) is 45.5 Å². The highest BCUT2D eigenvalue weighted by Gasteiger charge is 2.34. The Hall–Kier alpha value is -4.40. The van der Waals surface area contributed by atoms with Crippen molar-refractivity contribution in [2.45, 2.75) is 37.8 Å². The molecule has 0 saturated carbocycles. The van der Waals surface area contributed by atoms with E-state index in [1.54, 1.807) is 20.3 Å². The summed E-state index contributed by atoms with van der Waals surface area (Å²) in [6, 6.07) is 19.5. The Morgan fingerprint density at radius 2 is 1.39 bits per heavy atom. The quantitative estimate of drug-likeness (QED) is 0.270. The smallest absolute Gasteiger partial charge is 0.204 e. The fourth-order valence-electron chi connectivity index (χ4n) is 6.97. The number of phenols is 2. The van der Waals surface area contributed by atoms with Gasteiger partial charge in [0, 0.05) is 30.7 Å². The van der Waals surface area contributed by atoms with Crippen LogP contribution < -0.4 is 18.9 Å². The van der Waals surface area contributed by atoms with Crippen molar-refractivity contribution in [3.05, 3.63) is 94.0 Å². The first-order chi connectivity index (χ1) is 21.3. The van der Waals surface area contributed by atoms with Gasteiger partial charge in [-0.05, 0) is 110 Å². The van der Waals surface area contributed by atoms with Gasteiger partial charge in [-0.25, -0.2) is 0 Å². The lowest BCUT2D eigenvalue weighted by Crippen LogP contribution is -2.34. The van der Waals surface area contributed by atoms with Crippen molar-refractivity contribution >= 4 is 0 Å². The maximum Gasteiger partial charge on any atom is 0.204 e. The lowest BCUT2D eigenvalue weighted by atomic mass is 9.87. The zero-order valence-corrected chi connectivity index (χ0v) is 25.6. The Balaban J connectivity index is 1.45. The molecule has 4 aromatic carbocycles. The molecule has 0 spiro atoms. The molecule has 8 nitrogen and oxygen atoms in total. The molecule has 4 aliphatic heterocycles. The molecule has 0 aromatic heterocycles. The summed E-state index contributed by atoms with van der Waals surface area (Å²) in [4.78, 5) is 4.66. The molecule has 2 N–H and O–H groups in total. The van der Waals surface area contributed by atoms with Crippen LogP contribution in [0.4, 0.5) is 0 Å². The summed E-state index contributed by atoms with van der Waals surface area (Å²) in [5.74, 6) is 3.34. The summed E-state index contributed by atoms with van der Waals surface area (Å²) in [6.07, 6.45) is 3.06. The predicted octanol–water partition coefficient (Wildman–Crippen LogP) is 6.56. The first-order valence-corrected chi connectivity index (χ1v) is 15.1. The molecule has 228 valence electrons. The minimum Gasteiger partial charge on any atom is -0.504 e. The molecule has 2 atom stereocenters. The molecule has 0 amide bonds. The molecule has 0 fully saturated rings. The lowest BCUT2D eigenvalue weighted by Gasteiger charge is -2.37. The molecule has 0 unspecified atom stereocenters. The van der Waals surface area contributed by atoms with Crippen LogP contribution in [-0.2, 0) is 25.7 Å². The van der Waals surface area contributed by atoms with Gasteiger partial charge in [-0.3, -0.25) is 9.80 Å². The van der Waals surface area contributed by atoms with E-state index in [1.807, 2.05) is 36.4 Å². The van der Waals surface area contributed by atoms with Crippen molar-refractivity contribution in [2.75, 3.05) is 41.4 Å². The van der Waals surface area contributed by atoms with E-state index in [0.29, 0.717) is 40.9 Å². The summed E-state index contributed by atoms with van der Waals surface area (Å²) >= 11 is 0. The number of hydrogen-bond donors (Lipinski definition) is 2. The Kier molecular flexibility index (Phi) is 7.26. The van der Waals surface area contributed by atoms with Crippen molar-refractivity contribution in [3.8, 4) is 46.0 Å². The number of aromatic hydroxyl groups is 2. The molecular formula is C36H38N2O6. The van der Waals surface area contributed by atoms with E-state index in [1.165, 1.54) is 0 Å². The number of methoxy groups -OCH3 is 2. The van der Waals surface area contributed by atoms with E-state index < -0.39 is 0 Å². The normalized spacial score (nSPS) is 19.6. The Labute approximate surface area is 258 Å². The summed E-state index contributed by atoms with van der Waals surface area (Å²) in [6.45, 7) is 1.73. The Morgan fingerprint density at radius 3 is 2.14 bits per heavy atom. The summed E-state index contributed by atoms with van der Waals surface area (Å²) < 4.78 is 24.7. The van der Waals surface area contributed by atoms with Crippen LogP contribution in [0.25, 0.3) is 0 Å². The first kappa shape index (κ1) is 28.4. The van der Waals surface area contributed by atoms with Gasteiger partial charge in [-0.15, -0.1) is 0 Å². The number of fused-ring (bicyclic) bond motifs is 2. The number of rotatable bonds is 2. The van der Waals surface area contributed by atoms with Crippen LogP contribution in [0, 0.1) is 0 Å². The first-order valence-electron chi connectivity index (χ1n) is 15.1. The van der Waals surface area contributed by atoms with Crippen molar-refractivity contribution < 1.29 is 29.2 Å². The highest BCUT2D eigenvalue weighted by Crippen LogP contribution is 2.51. The maximum absolute atomic E-state index is 11.3. The van der Waals surface area contributed by atoms with Gasteiger partial charge in [-0.2, -0.15) is 0 Å². The highest BCUT2D eigenvalue weighted by atomic mass is 16.5. The van der Waals surface area contributed by atoms with Gasteiger partial charge in [0.25, 0.3) is 0 Å². The standard InChI is InChI=1S/C36H38N2O6/c1-37-13-11-23-18-30(40)32-20-26(23)27(37)16-22-7-10-29(39)31(17-22)43-25-8-5-21(6-9-25)15-28-34-24(12-14-38(28)2)19-33(41-3)35(42-4)36(34)44-32/h5-10,17-20,27-28,39-40H,11-16H2,1-4H3/t27-,28+/m1/s1. The van der Waals surface area contributed by atoms with Gasteiger partial charge in [0.2, 0.25) is 5.75 Å². The monoisotopic (exact) mass is 594 g/mol. The second kappa shape index (κ2) is 11.3. The van der Waals surface area contributed by atoms with Gasteiger partial charge in [-0.1, -0.05) is 18.2 Å². The molecule has 4 aliphatic rings. The largest absolute Gasteiger partial charge is 0.504 e. The third-order valence-corrected chi connectivity index (χ3v) is 9.44. The summed E-state index contributed by atoms with van der Waals surface area (Å²) in [5.41, 5.74) is 6.53. The third kappa shape index (κ3) is 4.98. The van der Waals surface area contributed by atoms with Crippen LogP contribution in [0.5, 0.6) is 46.0 Å². The van der Waals surface area contributed by atoms with Crippen molar-refractivity contribution in [1.82, 2.24) is 9.80 Å². The molecule has 0 aliphatic carbocycles. The van der Waals surface area contributed by atoms with E-state index in [4.69, 9.17) is 18.9 Å². The number of nitrogens with zero attached hydrogens (tertiary/aromatic N) is 2. The van der Waals surface area contributed by atoms with E-state index >= 15 is 0 Å². The molecule has 6 bridgehead atoms. The van der Waals surface area contributed by atoms with Crippen molar-refractivity contribution in [3.63, 3.8) is 0 Å². The lowest BCUT2D eigenvalue weighted by molar-refractivity contribution is 0.220. The van der Waals surface area contributed by atoms with Crippen LogP contribution >= 0.6 is 0 Å². The Morgan fingerprint density at radius 1 is 0.705 bits per heavy atom. The number of ether oxygens (including phenoxy) is 4. The van der Waals surface area contributed by atoms with Crippen LogP contribution in [0.15, 0.2) is 60.7 Å². The zero-order chi connectivity index (χ0) is 30.5. The molecule has 0 saturated heterocycles. The molecule has 44 heavy (non-hydrogen) atoms. The number of phenolic OH excluding ortho intramolecular Hbond substituents is 2. The highest BCUT2D eigenvalue weighted by molar-refractivity contribution is 5.63. The molecule has 4 heterocycles. The minimum atomic E-state index is -0.0152. The second-order valence-electron chi connectivity index (χ2n) is 12.1. The number of benzene rings is 4. The van der Waals surface area contributed by atoms with Gasteiger partial charge in [0.05, 0.1) is 14.2 Å². The maximum atomic E-state index is 11.3. The van der Waals surface area contributed by atoms with Crippen LogP contribution in [0.3, 0.4) is 0 Å². The van der Waals surface area contributed by atoms with Crippen LogP contribution in [0.2, 0.25) is 0 Å². The predicted molar refractivity (Wildman–Crippen MR) is 168 cm³/mol. The second-order valence-corrected chi connectivity index (χ2v) is 12.1. The Bertz CT molecular complexity index is 1720. The van der Waals surface area contributed by atoms with E-state index in [0.717, 1.165) is 65.7 Å². The van der Waals surface area contributed by atoms with Gasteiger partial charge in [0.1, 0.15) is 5.75 Å². The zero-order valence-electron chi connectivity index (χ0n) is 25.6. The molecule has 8 heteroatoms. The SMILES string of the molecule is COc1cc2c3c(c1OC)Oc1cc4c(cc1O)CCN(C)[C@@H]4Cc1ccc(O)c(c1)Oc1ccc(cc1)C[C@@H]3N(C)CC2.